The molecule has 0 spiro atoms. The maximum absolute atomic E-state index is 4.71. The SMILES string of the molecule is CCC[C@H]1CC[C@H](CCc2cnc(-c3ccc([C@H]4CC[C@H](CCC)CC4)cc3)nc2)CC1. The summed E-state index contributed by atoms with van der Waals surface area (Å²) in [5.74, 6) is 4.50. The first-order valence-electron chi connectivity index (χ1n) is 13.7. The van der Waals surface area contributed by atoms with Crippen molar-refractivity contribution < 1.29 is 0 Å². The Morgan fingerprint density at radius 2 is 1.16 bits per heavy atom. The van der Waals surface area contributed by atoms with E-state index >= 15 is 0 Å². The summed E-state index contributed by atoms with van der Waals surface area (Å²) in [6.07, 6.45) is 23.4. The molecule has 2 heteroatoms. The molecule has 0 atom stereocenters. The molecule has 2 aliphatic rings. The van der Waals surface area contributed by atoms with Gasteiger partial charge in [0.25, 0.3) is 0 Å². The van der Waals surface area contributed by atoms with Crippen LogP contribution in [0.3, 0.4) is 0 Å². The average molecular weight is 433 g/mol. The van der Waals surface area contributed by atoms with Gasteiger partial charge in [0.1, 0.15) is 0 Å². The van der Waals surface area contributed by atoms with Crippen molar-refractivity contribution in [3.8, 4) is 11.4 Å². The molecular weight excluding hydrogens is 388 g/mol. The van der Waals surface area contributed by atoms with Gasteiger partial charge in [0.2, 0.25) is 0 Å². The summed E-state index contributed by atoms with van der Waals surface area (Å²) in [4.78, 5) is 9.42. The van der Waals surface area contributed by atoms with E-state index in [1.807, 2.05) is 0 Å². The topological polar surface area (TPSA) is 25.8 Å². The normalized spacial score (nSPS) is 26.2. The number of rotatable bonds is 9. The molecule has 32 heavy (non-hydrogen) atoms. The monoisotopic (exact) mass is 432 g/mol. The lowest BCUT2D eigenvalue weighted by molar-refractivity contribution is 0.252. The first-order valence-corrected chi connectivity index (χ1v) is 13.7. The van der Waals surface area contributed by atoms with Gasteiger partial charge < -0.3 is 0 Å². The zero-order chi connectivity index (χ0) is 22.2. The summed E-state index contributed by atoms with van der Waals surface area (Å²) in [5.41, 5.74) is 3.95. The van der Waals surface area contributed by atoms with E-state index in [-0.39, 0.29) is 0 Å². The highest BCUT2D eigenvalue weighted by Gasteiger charge is 2.22. The maximum Gasteiger partial charge on any atom is 0.159 e. The van der Waals surface area contributed by atoms with Crippen LogP contribution in [0.1, 0.15) is 114 Å². The first-order chi connectivity index (χ1) is 15.7. The molecule has 2 aromatic rings. The number of hydrogen-bond acceptors (Lipinski definition) is 2. The molecule has 1 aromatic heterocycles. The largest absolute Gasteiger partial charge is 0.236 e. The molecule has 0 saturated heterocycles. The number of nitrogens with zero attached hydrogens (tertiary/aromatic N) is 2. The van der Waals surface area contributed by atoms with E-state index in [9.17, 15) is 0 Å². The fourth-order valence-electron chi connectivity index (χ4n) is 6.32. The molecule has 2 aliphatic carbocycles. The number of hydrogen-bond donors (Lipinski definition) is 0. The predicted octanol–water partition coefficient (Wildman–Crippen LogP) is 8.76. The summed E-state index contributed by atoms with van der Waals surface area (Å²) in [7, 11) is 0. The van der Waals surface area contributed by atoms with E-state index in [1.165, 1.54) is 94.6 Å². The molecule has 2 fully saturated rings. The number of aromatic nitrogens is 2. The van der Waals surface area contributed by atoms with Crippen molar-refractivity contribution >= 4 is 0 Å². The Balaban J connectivity index is 1.25. The van der Waals surface area contributed by atoms with E-state index in [2.05, 4.69) is 50.5 Å². The van der Waals surface area contributed by atoms with E-state index < -0.39 is 0 Å². The molecule has 1 heterocycles. The van der Waals surface area contributed by atoms with Crippen LogP contribution >= 0.6 is 0 Å². The van der Waals surface area contributed by atoms with E-state index in [1.54, 1.807) is 0 Å². The van der Waals surface area contributed by atoms with Crippen molar-refractivity contribution in [1.82, 2.24) is 9.97 Å². The van der Waals surface area contributed by atoms with E-state index in [0.717, 1.165) is 41.5 Å². The van der Waals surface area contributed by atoms with Crippen LogP contribution in [0.2, 0.25) is 0 Å². The third-order valence-corrected chi connectivity index (χ3v) is 8.39. The van der Waals surface area contributed by atoms with Crippen LogP contribution in [0.15, 0.2) is 36.7 Å². The van der Waals surface area contributed by atoms with Gasteiger partial charge in [0.15, 0.2) is 5.82 Å². The lowest BCUT2D eigenvalue weighted by Crippen LogP contribution is -2.15. The molecule has 1 aromatic carbocycles. The van der Waals surface area contributed by atoms with Gasteiger partial charge in [-0.3, -0.25) is 0 Å². The Morgan fingerprint density at radius 3 is 1.69 bits per heavy atom. The highest BCUT2D eigenvalue weighted by molar-refractivity contribution is 5.55. The van der Waals surface area contributed by atoms with Gasteiger partial charge in [-0.2, -0.15) is 0 Å². The number of benzene rings is 1. The van der Waals surface area contributed by atoms with Crippen molar-refractivity contribution in [3.05, 3.63) is 47.8 Å². The van der Waals surface area contributed by atoms with Crippen LogP contribution in [-0.2, 0) is 6.42 Å². The molecule has 2 saturated carbocycles. The minimum absolute atomic E-state index is 0.748. The first kappa shape index (κ1) is 23.5. The summed E-state index contributed by atoms with van der Waals surface area (Å²) in [6.45, 7) is 4.64. The molecule has 0 radical (unpaired) electrons. The third-order valence-electron chi connectivity index (χ3n) is 8.39. The minimum Gasteiger partial charge on any atom is -0.236 e. The van der Waals surface area contributed by atoms with Crippen molar-refractivity contribution in [3.63, 3.8) is 0 Å². The summed E-state index contributed by atoms with van der Waals surface area (Å²) < 4.78 is 0. The Bertz CT molecular complexity index is 779. The molecule has 174 valence electrons. The predicted molar refractivity (Wildman–Crippen MR) is 136 cm³/mol. The molecule has 4 rings (SSSR count). The fraction of sp³-hybridized carbons (Fsp3) is 0.667. The van der Waals surface area contributed by atoms with Crippen molar-refractivity contribution in [2.45, 2.75) is 110 Å². The highest BCUT2D eigenvalue weighted by Crippen LogP contribution is 2.38. The lowest BCUT2D eigenvalue weighted by Gasteiger charge is -2.28. The molecule has 0 amide bonds. The van der Waals surface area contributed by atoms with Gasteiger partial charge in [-0.25, -0.2) is 9.97 Å². The second-order valence-electron chi connectivity index (χ2n) is 10.8. The Morgan fingerprint density at radius 1 is 0.656 bits per heavy atom. The quantitative estimate of drug-likeness (QED) is 0.396. The van der Waals surface area contributed by atoms with Crippen LogP contribution in [0.25, 0.3) is 11.4 Å². The fourth-order valence-corrected chi connectivity index (χ4v) is 6.32. The third kappa shape index (κ3) is 6.42. The molecule has 0 aliphatic heterocycles. The van der Waals surface area contributed by atoms with Gasteiger partial charge >= 0.3 is 0 Å². The van der Waals surface area contributed by atoms with Crippen molar-refractivity contribution in [1.29, 1.82) is 0 Å². The minimum atomic E-state index is 0.748. The van der Waals surface area contributed by atoms with Gasteiger partial charge in [0.05, 0.1) is 0 Å². The van der Waals surface area contributed by atoms with Gasteiger partial charge in [-0.05, 0) is 73.3 Å². The highest BCUT2D eigenvalue weighted by atomic mass is 14.9. The molecule has 0 bridgehead atoms. The standard InChI is InChI=1S/C30H44N2/c1-3-5-23-7-9-25(10-8-23)11-12-26-21-31-30(32-22-26)29-19-17-28(18-20-29)27-15-13-24(6-4-2)14-16-27/h17-25,27H,3-16H2,1-2H3/t23-,24-,25-,27-. The second-order valence-corrected chi connectivity index (χ2v) is 10.8. The summed E-state index contributed by atoms with van der Waals surface area (Å²) in [6, 6.07) is 9.12. The van der Waals surface area contributed by atoms with E-state index in [4.69, 9.17) is 9.97 Å². The summed E-state index contributed by atoms with van der Waals surface area (Å²) in [5, 5.41) is 0. The van der Waals surface area contributed by atoms with Gasteiger partial charge in [-0.1, -0.05) is 89.5 Å². The Hall–Kier alpha value is -1.70. The molecular formula is C30H44N2. The summed E-state index contributed by atoms with van der Waals surface area (Å²) >= 11 is 0. The van der Waals surface area contributed by atoms with Crippen LogP contribution in [0.5, 0.6) is 0 Å². The molecule has 2 nitrogen and oxygen atoms in total. The Labute approximate surface area is 196 Å². The van der Waals surface area contributed by atoms with Crippen molar-refractivity contribution in [2.75, 3.05) is 0 Å². The van der Waals surface area contributed by atoms with Gasteiger partial charge in [0, 0.05) is 18.0 Å². The van der Waals surface area contributed by atoms with E-state index in [0.29, 0.717) is 0 Å². The van der Waals surface area contributed by atoms with Crippen LogP contribution in [-0.4, -0.2) is 9.97 Å². The second kappa shape index (κ2) is 12.0. The smallest absolute Gasteiger partial charge is 0.159 e. The lowest BCUT2D eigenvalue weighted by atomic mass is 9.77. The zero-order valence-electron chi connectivity index (χ0n) is 20.6. The van der Waals surface area contributed by atoms with Gasteiger partial charge in [-0.15, -0.1) is 0 Å². The van der Waals surface area contributed by atoms with Crippen molar-refractivity contribution in [2.24, 2.45) is 17.8 Å². The average Bonchev–Trinajstić information content (AvgIpc) is 2.85. The van der Waals surface area contributed by atoms with Crippen LogP contribution in [0, 0.1) is 17.8 Å². The zero-order valence-corrected chi connectivity index (χ0v) is 20.6. The molecule has 0 unspecified atom stereocenters. The van der Waals surface area contributed by atoms with Crippen LogP contribution in [0.4, 0.5) is 0 Å². The van der Waals surface area contributed by atoms with Crippen LogP contribution < -0.4 is 0 Å². The number of aryl methyl sites for hydroxylation is 1. The Kier molecular flexibility index (Phi) is 8.77. The maximum atomic E-state index is 4.71. The molecule has 0 N–H and O–H groups in total.